The molecule has 0 aliphatic heterocycles. The van der Waals surface area contributed by atoms with Crippen molar-refractivity contribution in [3.05, 3.63) is 0 Å². The minimum atomic E-state index is -3.51. The third-order valence-corrected chi connectivity index (χ3v) is 3.42. The van der Waals surface area contributed by atoms with Crippen molar-refractivity contribution < 1.29 is 27.9 Å². The van der Waals surface area contributed by atoms with Crippen LogP contribution in [-0.2, 0) is 24.4 Å². The second kappa shape index (κ2) is 8.69. The van der Waals surface area contributed by atoms with Crippen LogP contribution in [0.15, 0.2) is 0 Å². The van der Waals surface area contributed by atoms with E-state index in [0.29, 0.717) is 6.42 Å². The summed E-state index contributed by atoms with van der Waals surface area (Å²) in [5.74, 6) is -1.79. The van der Waals surface area contributed by atoms with Gasteiger partial charge in [-0.2, -0.15) is 0 Å². The molecule has 0 aliphatic rings. The summed E-state index contributed by atoms with van der Waals surface area (Å²) < 4.78 is 24.5. The Morgan fingerprint density at radius 3 is 2.14 bits per heavy atom. The van der Waals surface area contributed by atoms with Crippen LogP contribution in [0.2, 0.25) is 0 Å². The third kappa shape index (κ3) is 10.1. The highest BCUT2D eigenvalue weighted by Crippen LogP contribution is 2.04. The molecule has 0 fully saturated rings. The third-order valence-electron chi connectivity index (χ3n) is 2.54. The molecule has 22 heavy (non-hydrogen) atoms. The molecule has 4 N–H and O–H groups in total. The zero-order valence-electron chi connectivity index (χ0n) is 12.9. The van der Waals surface area contributed by atoms with Crippen LogP contribution in [0.5, 0.6) is 0 Å². The standard InChI is InChI=1S/C12H23N3O6S/c1-12(2,15-22(3,20)21)11(19)14-7-4-5-9(16)13-8-6-10(17)18/h15H,4-8H2,1-3H3,(H,13,16)(H,14,19)(H,17,18). The van der Waals surface area contributed by atoms with Crippen LogP contribution < -0.4 is 15.4 Å². The van der Waals surface area contributed by atoms with Gasteiger partial charge in [-0.3, -0.25) is 14.4 Å². The van der Waals surface area contributed by atoms with Crippen LogP contribution >= 0.6 is 0 Å². The smallest absolute Gasteiger partial charge is 0.305 e. The highest BCUT2D eigenvalue weighted by molar-refractivity contribution is 7.88. The average molecular weight is 337 g/mol. The molecule has 128 valence electrons. The largest absolute Gasteiger partial charge is 0.481 e. The predicted molar refractivity (Wildman–Crippen MR) is 79.6 cm³/mol. The topological polar surface area (TPSA) is 142 Å². The quantitative estimate of drug-likeness (QED) is 0.369. The number of nitrogens with one attached hydrogen (secondary N) is 3. The molecule has 0 saturated heterocycles. The van der Waals surface area contributed by atoms with E-state index >= 15 is 0 Å². The summed E-state index contributed by atoms with van der Waals surface area (Å²) in [6.45, 7) is 3.13. The van der Waals surface area contributed by atoms with E-state index in [1.807, 2.05) is 0 Å². The van der Waals surface area contributed by atoms with Gasteiger partial charge in [0.05, 0.1) is 12.7 Å². The van der Waals surface area contributed by atoms with Crippen LogP contribution in [0.25, 0.3) is 0 Å². The molecule has 0 aromatic rings. The second-order valence-electron chi connectivity index (χ2n) is 5.35. The fourth-order valence-electron chi connectivity index (χ4n) is 1.58. The number of carboxylic acids is 1. The van der Waals surface area contributed by atoms with Gasteiger partial charge < -0.3 is 15.7 Å². The van der Waals surface area contributed by atoms with Gasteiger partial charge in [0.2, 0.25) is 21.8 Å². The van der Waals surface area contributed by atoms with Gasteiger partial charge in [-0.1, -0.05) is 0 Å². The van der Waals surface area contributed by atoms with Crippen molar-refractivity contribution in [2.24, 2.45) is 0 Å². The molecule has 0 heterocycles. The van der Waals surface area contributed by atoms with Crippen molar-refractivity contribution in [1.82, 2.24) is 15.4 Å². The first kappa shape index (κ1) is 20.3. The molecule has 0 aromatic heterocycles. The molecule has 0 atom stereocenters. The summed E-state index contributed by atoms with van der Waals surface area (Å²) in [6, 6.07) is 0. The molecule has 0 aromatic carbocycles. The normalized spacial score (nSPS) is 11.8. The summed E-state index contributed by atoms with van der Waals surface area (Å²) in [4.78, 5) is 33.4. The van der Waals surface area contributed by atoms with E-state index < -0.39 is 27.4 Å². The minimum absolute atomic E-state index is 0.0613. The molecule has 2 amide bonds. The van der Waals surface area contributed by atoms with Gasteiger partial charge in [0, 0.05) is 19.5 Å². The monoisotopic (exact) mass is 337 g/mol. The van der Waals surface area contributed by atoms with Gasteiger partial charge in [-0.05, 0) is 20.3 Å². The minimum Gasteiger partial charge on any atom is -0.481 e. The van der Waals surface area contributed by atoms with Crippen molar-refractivity contribution in [3.63, 3.8) is 0 Å². The molecular formula is C12H23N3O6S. The Hall–Kier alpha value is -1.68. The van der Waals surface area contributed by atoms with Gasteiger partial charge in [-0.15, -0.1) is 0 Å². The maximum Gasteiger partial charge on any atom is 0.305 e. The van der Waals surface area contributed by atoms with Crippen LogP contribution in [0.3, 0.4) is 0 Å². The lowest BCUT2D eigenvalue weighted by molar-refractivity contribution is -0.137. The number of sulfonamides is 1. The Labute approximate surface area is 129 Å². The highest BCUT2D eigenvalue weighted by Gasteiger charge is 2.30. The van der Waals surface area contributed by atoms with Crippen LogP contribution in [-0.4, -0.2) is 56.2 Å². The van der Waals surface area contributed by atoms with E-state index in [2.05, 4.69) is 15.4 Å². The summed E-state index contributed by atoms with van der Waals surface area (Å²) in [5.41, 5.74) is -1.28. The fraction of sp³-hybridized carbons (Fsp3) is 0.750. The van der Waals surface area contributed by atoms with E-state index in [4.69, 9.17) is 5.11 Å². The second-order valence-corrected chi connectivity index (χ2v) is 7.10. The van der Waals surface area contributed by atoms with Gasteiger partial charge in [0.25, 0.3) is 0 Å². The summed E-state index contributed by atoms with van der Waals surface area (Å²) in [5, 5.41) is 13.4. The Balaban J connectivity index is 3.98. The van der Waals surface area contributed by atoms with Gasteiger partial charge >= 0.3 is 5.97 Å². The number of amides is 2. The van der Waals surface area contributed by atoms with Crippen LogP contribution in [0.1, 0.15) is 33.1 Å². The van der Waals surface area contributed by atoms with Crippen LogP contribution in [0, 0.1) is 0 Å². The van der Waals surface area contributed by atoms with Gasteiger partial charge in [0.15, 0.2) is 0 Å². The molecule has 0 rings (SSSR count). The van der Waals surface area contributed by atoms with Gasteiger partial charge in [-0.25, -0.2) is 13.1 Å². The lowest BCUT2D eigenvalue weighted by Crippen LogP contribution is -2.54. The zero-order chi connectivity index (χ0) is 17.4. The van der Waals surface area contributed by atoms with Crippen molar-refractivity contribution in [1.29, 1.82) is 0 Å². The Morgan fingerprint density at radius 1 is 1.05 bits per heavy atom. The van der Waals surface area contributed by atoms with E-state index in [-0.39, 0.29) is 31.8 Å². The number of carboxylic acid groups (broad SMARTS) is 1. The maximum absolute atomic E-state index is 11.8. The number of hydrogen-bond donors (Lipinski definition) is 4. The first-order valence-electron chi connectivity index (χ1n) is 6.70. The van der Waals surface area contributed by atoms with Crippen molar-refractivity contribution in [2.45, 2.75) is 38.6 Å². The van der Waals surface area contributed by atoms with Crippen molar-refractivity contribution >= 4 is 27.8 Å². The fourth-order valence-corrected chi connectivity index (χ4v) is 2.60. The number of carbonyl (C=O) groups is 3. The molecule has 0 bridgehead atoms. The molecule has 0 aliphatic carbocycles. The molecule has 0 radical (unpaired) electrons. The first-order chi connectivity index (χ1) is 9.94. The lowest BCUT2D eigenvalue weighted by atomic mass is 10.1. The molecular weight excluding hydrogens is 314 g/mol. The zero-order valence-corrected chi connectivity index (χ0v) is 13.7. The Bertz CT molecular complexity index is 515. The van der Waals surface area contributed by atoms with Crippen molar-refractivity contribution in [3.8, 4) is 0 Å². The van der Waals surface area contributed by atoms with Gasteiger partial charge in [0.1, 0.15) is 5.54 Å². The maximum atomic E-state index is 11.8. The summed E-state index contributed by atoms with van der Waals surface area (Å²) >= 11 is 0. The van der Waals surface area contributed by atoms with E-state index in [1.165, 1.54) is 13.8 Å². The van der Waals surface area contributed by atoms with E-state index in [1.54, 1.807) is 0 Å². The molecule has 0 spiro atoms. The van der Waals surface area contributed by atoms with E-state index in [9.17, 15) is 22.8 Å². The van der Waals surface area contributed by atoms with E-state index in [0.717, 1.165) is 6.26 Å². The Morgan fingerprint density at radius 2 is 1.64 bits per heavy atom. The summed E-state index contributed by atoms with van der Waals surface area (Å²) in [7, 11) is -3.51. The first-order valence-corrected chi connectivity index (χ1v) is 8.59. The summed E-state index contributed by atoms with van der Waals surface area (Å²) in [6.07, 6.45) is 1.32. The number of aliphatic carboxylic acids is 1. The predicted octanol–water partition coefficient (Wildman–Crippen LogP) is -1.20. The molecule has 9 nitrogen and oxygen atoms in total. The van der Waals surface area contributed by atoms with Crippen molar-refractivity contribution in [2.75, 3.05) is 19.3 Å². The highest BCUT2D eigenvalue weighted by atomic mass is 32.2. The molecule has 0 saturated carbocycles. The van der Waals surface area contributed by atoms with Crippen LogP contribution in [0.4, 0.5) is 0 Å². The number of rotatable bonds is 10. The SMILES string of the molecule is CC(C)(NS(C)(=O)=O)C(=O)NCCCC(=O)NCCC(=O)O. The lowest BCUT2D eigenvalue weighted by Gasteiger charge is -2.23. The average Bonchev–Trinajstić information content (AvgIpc) is 2.30. The Kier molecular flexibility index (Phi) is 8.02. The molecule has 10 heteroatoms. The number of hydrogen-bond acceptors (Lipinski definition) is 5. The molecule has 0 unspecified atom stereocenters. The number of carbonyl (C=O) groups excluding carboxylic acids is 2.